The van der Waals surface area contributed by atoms with Gasteiger partial charge in [0.2, 0.25) is 11.8 Å². The normalized spacial score (nSPS) is 16.4. The zero-order valence-electron chi connectivity index (χ0n) is 17.4. The number of halogens is 2. The van der Waals surface area contributed by atoms with Gasteiger partial charge in [0, 0.05) is 22.0 Å². The van der Waals surface area contributed by atoms with Crippen molar-refractivity contribution >= 4 is 40.9 Å². The summed E-state index contributed by atoms with van der Waals surface area (Å²) < 4.78 is 14.3. The topological polar surface area (TPSA) is 49.4 Å². The summed E-state index contributed by atoms with van der Waals surface area (Å²) in [5.41, 5.74) is 2.08. The molecule has 1 aliphatic rings. The van der Waals surface area contributed by atoms with Gasteiger partial charge in [0.05, 0.1) is 18.2 Å². The number of carbonyl (C=O) groups excluding carboxylic acids is 2. The molecule has 1 aliphatic heterocycles. The Balaban J connectivity index is 1.53. The SMILES string of the molecule is CC(C(=O)NCc1ccc(Cl)cc1)C1Sc2ccccc2N(Cc2ccccc2F)C1=O. The Hall–Kier alpha value is -2.83. The molecule has 2 unspecified atom stereocenters. The van der Waals surface area contributed by atoms with Crippen LogP contribution in [0.1, 0.15) is 18.1 Å². The third kappa shape index (κ3) is 4.81. The molecule has 164 valence electrons. The molecule has 0 spiro atoms. The molecule has 0 saturated carbocycles. The molecule has 4 nitrogen and oxygen atoms in total. The molecule has 1 N–H and O–H groups in total. The van der Waals surface area contributed by atoms with Crippen molar-refractivity contribution < 1.29 is 14.0 Å². The predicted octanol–water partition coefficient (Wildman–Crippen LogP) is 5.44. The van der Waals surface area contributed by atoms with Crippen LogP contribution >= 0.6 is 23.4 Å². The number of nitrogens with zero attached hydrogens (tertiary/aromatic N) is 1. The molecule has 32 heavy (non-hydrogen) atoms. The number of anilines is 1. The summed E-state index contributed by atoms with van der Waals surface area (Å²) in [4.78, 5) is 28.8. The molecule has 0 aromatic heterocycles. The Labute approximate surface area is 195 Å². The molecule has 3 aromatic carbocycles. The summed E-state index contributed by atoms with van der Waals surface area (Å²) in [5, 5.41) is 2.93. The van der Waals surface area contributed by atoms with Gasteiger partial charge in [0.25, 0.3) is 0 Å². The van der Waals surface area contributed by atoms with E-state index in [-0.39, 0.29) is 24.2 Å². The predicted molar refractivity (Wildman–Crippen MR) is 126 cm³/mol. The maximum Gasteiger partial charge on any atom is 0.241 e. The number of carbonyl (C=O) groups is 2. The van der Waals surface area contributed by atoms with E-state index in [1.54, 1.807) is 42.2 Å². The fraction of sp³-hybridized carbons (Fsp3) is 0.200. The highest BCUT2D eigenvalue weighted by atomic mass is 35.5. The zero-order valence-corrected chi connectivity index (χ0v) is 19.0. The van der Waals surface area contributed by atoms with E-state index in [0.717, 1.165) is 16.1 Å². The Bertz CT molecular complexity index is 1140. The smallest absolute Gasteiger partial charge is 0.241 e. The molecule has 0 saturated heterocycles. The van der Waals surface area contributed by atoms with Crippen LogP contribution in [-0.4, -0.2) is 17.1 Å². The van der Waals surface area contributed by atoms with Crippen molar-refractivity contribution in [1.29, 1.82) is 0 Å². The zero-order chi connectivity index (χ0) is 22.7. The number of thioether (sulfide) groups is 1. The lowest BCUT2D eigenvalue weighted by atomic mass is 10.0. The number of nitrogens with one attached hydrogen (secondary N) is 1. The van der Waals surface area contributed by atoms with Crippen molar-refractivity contribution in [3.63, 3.8) is 0 Å². The third-order valence-electron chi connectivity index (χ3n) is 5.45. The van der Waals surface area contributed by atoms with Gasteiger partial charge < -0.3 is 10.2 Å². The van der Waals surface area contributed by atoms with Crippen LogP contribution in [0.25, 0.3) is 0 Å². The molecular weight excluding hydrogens is 447 g/mol. The van der Waals surface area contributed by atoms with Crippen LogP contribution in [0.4, 0.5) is 10.1 Å². The molecule has 0 bridgehead atoms. The van der Waals surface area contributed by atoms with Gasteiger partial charge in [-0.15, -0.1) is 11.8 Å². The second-order valence-corrected chi connectivity index (χ2v) is 9.27. The maximum absolute atomic E-state index is 14.3. The summed E-state index contributed by atoms with van der Waals surface area (Å²) in [6.07, 6.45) is 0. The van der Waals surface area contributed by atoms with Gasteiger partial charge in [0.15, 0.2) is 0 Å². The number of fused-ring (bicyclic) bond motifs is 1. The van der Waals surface area contributed by atoms with Crippen LogP contribution in [0, 0.1) is 11.7 Å². The minimum Gasteiger partial charge on any atom is -0.352 e. The van der Waals surface area contributed by atoms with Crippen LogP contribution in [-0.2, 0) is 22.7 Å². The third-order valence-corrected chi connectivity index (χ3v) is 7.17. The van der Waals surface area contributed by atoms with Crippen LogP contribution in [0.5, 0.6) is 0 Å². The van der Waals surface area contributed by atoms with E-state index in [1.165, 1.54) is 17.8 Å². The van der Waals surface area contributed by atoms with E-state index >= 15 is 0 Å². The van der Waals surface area contributed by atoms with E-state index in [4.69, 9.17) is 11.6 Å². The lowest BCUT2D eigenvalue weighted by molar-refractivity contribution is -0.128. The molecule has 0 fully saturated rings. The van der Waals surface area contributed by atoms with Crippen LogP contribution in [0.2, 0.25) is 5.02 Å². The van der Waals surface area contributed by atoms with Gasteiger partial charge in [0.1, 0.15) is 11.1 Å². The monoisotopic (exact) mass is 468 g/mol. The first-order valence-corrected chi connectivity index (χ1v) is 11.5. The summed E-state index contributed by atoms with van der Waals surface area (Å²) in [5.74, 6) is -1.35. The average Bonchev–Trinajstić information content (AvgIpc) is 2.81. The Morgan fingerprint density at radius 3 is 2.53 bits per heavy atom. The van der Waals surface area contributed by atoms with E-state index in [0.29, 0.717) is 17.1 Å². The van der Waals surface area contributed by atoms with Crippen molar-refractivity contribution in [3.05, 3.63) is 94.8 Å². The molecule has 1 heterocycles. The summed E-state index contributed by atoms with van der Waals surface area (Å²) in [6.45, 7) is 2.21. The quantitative estimate of drug-likeness (QED) is 0.524. The number of amides is 2. The Kier molecular flexibility index (Phi) is 6.82. The Morgan fingerprint density at radius 1 is 1.09 bits per heavy atom. The maximum atomic E-state index is 14.3. The van der Waals surface area contributed by atoms with Crippen LogP contribution < -0.4 is 10.2 Å². The van der Waals surface area contributed by atoms with Crippen LogP contribution in [0.3, 0.4) is 0 Å². The lowest BCUT2D eigenvalue weighted by Crippen LogP contribution is -2.47. The van der Waals surface area contributed by atoms with E-state index < -0.39 is 11.2 Å². The molecule has 0 aliphatic carbocycles. The van der Waals surface area contributed by atoms with Gasteiger partial charge in [-0.25, -0.2) is 4.39 Å². The summed E-state index contributed by atoms with van der Waals surface area (Å²) in [7, 11) is 0. The minimum atomic E-state index is -0.609. The minimum absolute atomic E-state index is 0.110. The van der Waals surface area contributed by atoms with E-state index in [9.17, 15) is 14.0 Å². The molecule has 3 aromatic rings. The van der Waals surface area contributed by atoms with E-state index in [2.05, 4.69) is 5.32 Å². The summed E-state index contributed by atoms with van der Waals surface area (Å²) >= 11 is 7.29. The highest BCUT2D eigenvalue weighted by Gasteiger charge is 2.39. The number of benzene rings is 3. The van der Waals surface area contributed by atoms with Crippen molar-refractivity contribution in [2.45, 2.75) is 30.2 Å². The number of hydrogen-bond donors (Lipinski definition) is 1. The first-order valence-electron chi connectivity index (χ1n) is 10.3. The van der Waals surface area contributed by atoms with Gasteiger partial charge in [-0.1, -0.05) is 61.0 Å². The lowest BCUT2D eigenvalue weighted by Gasteiger charge is -2.35. The highest BCUT2D eigenvalue weighted by Crippen LogP contribution is 2.42. The van der Waals surface area contributed by atoms with Crippen molar-refractivity contribution in [2.24, 2.45) is 5.92 Å². The van der Waals surface area contributed by atoms with Crippen molar-refractivity contribution in [3.8, 4) is 0 Å². The van der Waals surface area contributed by atoms with Gasteiger partial charge >= 0.3 is 0 Å². The number of para-hydroxylation sites is 1. The molecule has 2 atom stereocenters. The van der Waals surface area contributed by atoms with E-state index in [1.807, 2.05) is 36.4 Å². The fourth-order valence-corrected chi connectivity index (χ4v) is 5.02. The van der Waals surface area contributed by atoms with Crippen molar-refractivity contribution in [1.82, 2.24) is 5.32 Å². The largest absolute Gasteiger partial charge is 0.352 e. The first-order chi connectivity index (χ1) is 15.4. The average molecular weight is 469 g/mol. The van der Waals surface area contributed by atoms with Crippen molar-refractivity contribution in [2.75, 3.05) is 4.90 Å². The van der Waals surface area contributed by atoms with Gasteiger partial charge in [-0.2, -0.15) is 0 Å². The van der Waals surface area contributed by atoms with Crippen LogP contribution in [0.15, 0.2) is 77.7 Å². The van der Waals surface area contributed by atoms with Gasteiger partial charge in [-0.3, -0.25) is 9.59 Å². The van der Waals surface area contributed by atoms with Gasteiger partial charge in [-0.05, 0) is 35.9 Å². The molecule has 2 amide bonds. The second-order valence-electron chi connectivity index (χ2n) is 7.65. The number of hydrogen-bond acceptors (Lipinski definition) is 3. The molecule has 0 radical (unpaired) electrons. The first kappa shape index (κ1) is 22.4. The molecule has 7 heteroatoms. The standard InChI is InChI=1S/C25H22ClFN2O2S/c1-16(24(30)28-14-17-10-12-19(26)13-11-17)23-25(31)29(15-18-6-2-3-7-20(18)27)21-8-4-5-9-22(21)32-23/h2-13,16,23H,14-15H2,1H3,(H,28,30). The fourth-order valence-electron chi connectivity index (χ4n) is 3.61. The molecule has 4 rings (SSSR count). The second kappa shape index (κ2) is 9.76. The highest BCUT2D eigenvalue weighted by molar-refractivity contribution is 8.01. The number of rotatable bonds is 6. The summed E-state index contributed by atoms with van der Waals surface area (Å²) in [6, 6.07) is 21.2. The molecular formula is C25H22ClFN2O2S. The Morgan fingerprint density at radius 2 is 1.78 bits per heavy atom.